The zero-order chi connectivity index (χ0) is 23.8. The molecule has 0 atom stereocenters. The van der Waals surface area contributed by atoms with Crippen LogP contribution >= 0.6 is 11.8 Å². The number of rotatable bonds is 10. The Hall–Kier alpha value is -3.39. The van der Waals surface area contributed by atoms with Crippen molar-refractivity contribution >= 4 is 29.3 Å². The summed E-state index contributed by atoms with van der Waals surface area (Å²) in [6.45, 7) is 10.6. The Bertz CT molecular complexity index is 1140. The van der Waals surface area contributed by atoms with Gasteiger partial charge in [0.2, 0.25) is 5.91 Å². The molecule has 1 aromatic heterocycles. The molecular formula is C25H29N5O2S. The molecule has 0 unspecified atom stereocenters. The predicted molar refractivity (Wildman–Crippen MR) is 132 cm³/mol. The minimum Gasteiger partial charge on any atom is -0.345 e. The number of para-hydroxylation sites is 1. The van der Waals surface area contributed by atoms with E-state index < -0.39 is 0 Å². The van der Waals surface area contributed by atoms with Gasteiger partial charge in [0.25, 0.3) is 5.91 Å². The number of benzene rings is 2. The molecule has 2 aromatic carbocycles. The van der Waals surface area contributed by atoms with E-state index in [0.29, 0.717) is 29.0 Å². The number of thioether (sulfide) groups is 1. The standard InChI is InChI=1S/C25H29N5O2S/c1-5-13-30-22(15-26-24(32)19-10-8-9-18(4)14-19)28-29-25(30)33-16-23(31)27-21-12-7-6-11-20(21)17(2)3/h5-12,14,17H,1,13,15-16H2,2-4H3,(H,26,32)(H,27,31). The van der Waals surface area contributed by atoms with Crippen molar-refractivity contribution in [2.45, 2.75) is 44.9 Å². The summed E-state index contributed by atoms with van der Waals surface area (Å²) in [4.78, 5) is 25.0. The van der Waals surface area contributed by atoms with Gasteiger partial charge in [-0.15, -0.1) is 16.8 Å². The smallest absolute Gasteiger partial charge is 0.251 e. The first-order valence-electron chi connectivity index (χ1n) is 10.8. The summed E-state index contributed by atoms with van der Waals surface area (Å²) in [5.74, 6) is 0.809. The van der Waals surface area contributed by atoms with Crippen LogP contribution in [0.3, 0.4) is 0 Å². The van der Waals surface area contributed by atoms with E-state index in [2.05, 4.69) is 41.3 Å². The second kappa shape index (κ2) is 11.5. The lowest BCUT2D eigenvalue weighted by Gasteiger charge is -2.13. The summed E-state index contributed by atoms with van der Waals surface area (Å²) in [7, 11) is 0. The van der Waals surface area contributed by atoms with Crippen molar-refractivity contribution in [3.63, 3.8) is 0 Å². The number of hydrogen-bond acceptors (Lipinski definition) is 5. The first kappa shape index (κ1) is 24.3. The lowest BCUT2D eigenvalue weighted by Crippen LogP contribution is -2.25. The third kappa shape index (κ3) is 6.55. The van der Waals surface area contributed by atoms with Gasteiger partial charge in [0.1, 0.15) is 0 Å². The van der Waals surface area contributed by atoms with Gasteiger partial charge in [0.15, 0.2) is 11.0 Å². The van der Waals surface area contributed by atoms with Gasteiger partial charge < -0.3 is 15.2 Å². The van der Waals surface area contributed by atoms with Crippen LogP contribution in [0.2, 0.25) is 0 Å². The zero-order valence-electron chi connectivity index (χ0n) is 19.2. The molecule has 3 aromatic rings. The number of carbonyl (C=O) groups excluding carboxylic acids is 2. The van der Waals surface area contributed by atoms with E-state index in [1.807, 2.05) is 54.0 Å². The number of hydrogen-bond donors (Lipinski definition) is 2. The van der Waals surface area contributed by atoms with Crippen molar-refractivity contribution in [2.24, 2.45) is 0 Å². The zero-order valence-corrected chi connectivity index (χ0v) is 20.0. The Labute approximate surface area is 198 Å². The number of allylic oxidation sites excluding steroid dienone is 1. The van der Waals surface area contributed by atoms with Crippen LogP contribution < -0.4 is 10.6 Å². The highest BCUT2D eigenvalue weighted by atomic mass is 32.2. The molecule has 0 spiro atoms. The Morgan fingerprint density at radius 1 is 1.15 bits per heavy atom. The first-order valence-corrected chi connectivity index (χ1v) is 11.8. The van der Waals surface area contributed by atoms with Crippen molar-refractivity contribution in [1.29, 1.82) is 0 Å². The van der Waals surface area contributed by atoms with Gasteiger partial charge in [-0.3, -0.25) is 9.59 Å². The maximum Gasteiger partial charge on any atom is 0.251 e. The number of carbonyl (C=O) groups is 2. The molecule has 0 aliphatic rings. The molecule has 7 nitrogen and oxygen atoms in total. The number of nitrogens with zero attached hydrogens (tertiary/aromatic N) is 3. The third-order valence-corrected chi connectivity index (χ3v) is 5.95. The summed E-state index contributed by atoms with van der Waals surface area (Å²) in [6.07, 6.45) is 1.73. The van der Waals surface area contributed by atoms with Gasteiger partial charge in [-0.05, 0) is 36.6 Å². The number of amides is 2. The minimum atomic E-state index is -0.177. The van der Waals surface area contributed by atoms with Crippen molar-refractivity contribution in [1.82, 2.24) is 20.1 Å². The number of aryl methyl sites for hydroxylation is 1. The summed E-state index contributed by atoms with van der Waals surface area (Å²) in [6, 6.07) is 15.2. The fourth-order valence-electron chi connectivity index (χ4n) is 3.35. The van der Waals surface area contributed by atoms with E-state index in [4.69, 9.17) is 0 Å². The van der Waals surface area contributed by atoms with Crippen LogP contribution in [-0.2, 0) is 17.9 Å². The molecule has 0 fully saturated rings. The highest BCUT2D eigenvalue weighted by molar-refractivity contribution is 7.99. The molecule has 0 saturated carbocycles. The molecule has 0 aliphatic carbocycles. The van der Waals surface area contributed by atoms with Crippen LogP contribution in [0.5, 0.6) is 0 Å². The second-order valence-corrected chi connectivity index (χ2v) is 8.87. The monoisotopic (exact) mass is 463 g/mol. The highest BCUT2D eigenvalue weighted by Gasteiger charge is 2.16. The molecule has 0 saturated heterocycles. The molecule has 3 rings (SSSR count). The molecule has 0 radical (unpaired) electrons. The molecule has 2 N–H and O–H groups in total. The number of aromatic nitrogens is 3. The molecule has 1 heterocycles. The van der Waals surface area contributed by atoms with Crippen molar-refractivity contribution in [3.05, 3.63) is 83.7 Å². The first-order chi connectivity index (χ1) is 15.9. The molecule has 172 valence electrons. The van der Waals surface area contributed by atoms with E-state index in [9.17, 15) is 9.59 Å². The van der Waals surface area contributed by atoms with Gasteiger partial charge in [-0.1, -0.05) is 67.6 Å². The fourth-order valence-corrected chi connectivity index (χ4v) is 4.11. The predicted octanol–water partition coefficient (Wildman–Crippen LogP) is 4.56. The van der Waals surface area contributed by atoms with E-state index in [1.54, 1.807) is 12.1 Å². The molecule has 0 bridgehead atoms. The van der Waals surface area contributed by atoms with E-state index in [1.165, 1.54) is 11.8 Å². The van der Waals surface area contributed by atoms with E-state index in [0.717, 1.165) is 16.8 Å². The Morgan fingerprint density at radius 2 is 1.94 bits per heavy atom. The van der Waals surface area contributed by atoms with Crippen LogP contribution in [0.4, 0.5) is 5.69 Å². The number of anilines is 1. The fraction of sp³-hybridized carbons (Fsp3) is 0.280. The average Bonchev–Trinajstić information content (AvgIpc) is 3.18. The topological polar surface area (TPSA) is 88.9 Å². The van der Waals surface area contributed by atoms with Gasteiger partial charge in [-0.2, -0.15) is 0 Å². The Kier molecular flexibility index (Phi) is 8.43. The van der Waals surface area contributed by atoms with Crippen LogP contribution in [0.25, 0.3) is 0 Å². The van der Waals surface area contributed by atoms with Crippen LogP contribution in [0.1, 0.15) is 47.1 Å². The molecule has 8 heteroatoms. The summed E-state index contributed by atoms with van der Waals surface area (Å²) >= 11 is 1.30. The lowest BCUT2D eigenvalue weighted by molar-refractivity contribution is -0.113. The van der Waals surface area contributed by atoms with Crippen molar-refractivity contribution in [2.75, 3.05) is 11.1 Å². The van der Waals surface area contributed by atoms with Gasteiger partial charge >= 0.3 is 0 Å². The maximum absolute atomic E-state index is 12.6. The van der Waals surface area contributed by atoms with E-state index >= 15 is 0 Å². The number of nitrogens with one attached hydrogen (secondary N) is 2. The van der Waals surface area contributed by atoms with Gasteiger partial charge in [0.05, 0.1) is 12.3 Å². The summed E-state index contributed by atoms with van der Waals surface area (Å²) in [5.41, 5.74) is 3.53. The van der Waals surface area contributed by atoms with Gasteiger partial charge in [0, 0.05) is 17.8 Å². The lowest BCUT2D eigenvalue weighted by atomic mass is 10.0. The minimum absolute atomic E-state index is 0.115. The Morgan fingerprint density at radius 3 is 2.67 bits per heavy atom. The quantitative estimate of drug-likeness (QED) is 0.340. The van der Waals surface area contributed by atoms with Crippen LogP contribution in [-0.4, -0.2) is 32.3 Å². The SMILES string of the molecule is C=CCn1c(CNC(=O)c2cccc(C)c2)nnc1SCC(=O)Nc1ccccc1C(C)C. The Balaban J connectivity index is 1.63. The van der Waals surface area contributed by atoms with Crippen LogP contribution in [0.15, 0.2) is 66.3 Å². The van der Waals surface area contributed by atoms with Crippen molar-refractivity contribution in [3.8, 4) is 0 Å². The molecular weight excluding hydrogens is 434 g/mol. The summed E-state index contributed by atoms with van der Waals surface area (Å²) < 4.78 is 1.85. The van der Waals surface area contributed by atoms with E-state index in [-0.39, 0.29) is 24.1 Å². The maximum atomic E-state index is 12.6. The molecule has 0 aliphatic heterocycles. The molecule has 33 heavy (non-hydrogen) atoms. The summed E-state index contributed by atoms with van der Waals surface area (Å²) in [5, 5.41) is 14.9. The van der Waals surface area contributed by atoms with Crippen molar-refractivity contribution < 1.29 is 9.59 Å². The second-order valence-electron chi connectivity index (χ2n) is 7.93. The normalized spacial score (nSPS) is 10.8. The molecule has 2 amide bonds. The third-order valence-electron chi connectivity index (χ3n) is 4.98. The largest absolute Gasteiger partial charge is 0.345 e. The van der Waals surface area contributed by atoms with Crippen LogP contribution in [0, 0.1) is 6.92 Å². The average molecular weight is 464 g/mol. The van der Waals surface area contributed by atoms with Gasteiger partial charge in [-0.25, -0.2) is 0 Å². The highest BCUT2D eigenvalue weighted by Crippen LogP contribution is 2.24.